The molecule has 1 amide bonds. The first-order valence-corrected chi connectivity index (χ1v) is 9.51. The van der Waals surface area contributed by atoms with Crippen LogP contribution in [0.5, 0.6) is 0 Å². The van der Waals surface area contributed by atoms with E-state index in [0.717, 1.165) is 60.4 Å². The zero-order chi connectivity index (χ0) is 19.1. The quantitative estimate of drug-likeness (QED) is 0.695. The van der Waals surface area contributed by atoms with Crippen molar-refractivity contribution < 1.29 is 9.18 Å². The largest absolute Gasteiger partial charge is 0.309 e. The number of nitrogens with one attached hydrogen (secondary N) is 1. The maximum atomic E-state index is 13.4. The molecule has 2 aromatic heterocycles. The lowest BCUT2D eigenvalue weighted by molar-refractivity contribution is -0.107. The van der Waals surface area contributed by atoms with E-state index in [-0.39, 0.29) is 11.9 Å². The first kappa shape index (κ1) is 17.1. The molecule has 1 saturated carbocycles. The minimum absolute atomic E-state index is 0.250. The molecule has 0 atom stereocenters. The van der Waals surface area contributed by atoms with Crippen molar-refractivity contribution in [1.29, 1.82) is 0 Å². The number of benzene rings is 1. The molecule has 1 aliphatic carbocycles. The predicted octanol–water partition coefficient (Wildman–Crippen LogP) is 2.98. The topological polar surface area (TPSA) is 63.1 Å². The summed E-state index contributed by atoms with van der Waals surface area (Å²) < 4.78 is 15.4. The van der Waals surface area contributed by atoms with E-state index in [4.69, 9.17) is 5.10 Å². The molecule has 0 bridgehead atoms. The van der Waals surface area contributed by atoms with Crippen molar-refractivity contribution >= 4 is 12.2 Å². The number of anilines is 1. The first-order valence-electron chi connectivity index (χ1n) is 9.51. The zero-order valence-corrected chi connectivity index (χ0v) is 15.3. The van der Waals surface area contributed by atoms with E-state index >= 15 is 0 Å². The molecule has 0 spiro atoms. The SMILES string of the molecule is O=CN(c1cc(-c2c(-c3ccc(F)cc3)nn3c2CNCC3)ccn1)C1CC1. The highest BCUT2D eigenvalue weighted by atomic mass is 19.1. The van der Waals surface area contributed by atoms with Crippen LogP contribution in [0, 0.1) is 5.82 Å². The lowest BCUT2D eigenvalue weighted by atomic mass is 9.99. The van der Waals surface area contributed by atoms with E-state index in [9.17, 15) is 9.18 Å². The fourth-order valence-corrected chi connectivity index (χ4v) is 3.76. The number of pyridine rings is 1. The van der Waals surface area contributed by atoms with Crippen molar-refractivity contribution in [1.82, 2.24) is 20.1 Å². The van der Waals surface area contributed by atoms with Gasteiger partial charge in [0.25, 0.3) is 0 Å². The monoisotopic (exact) mass is 377 g/mol. The highest BCUT2D eigenvalue weighted by Gasteiger charge is 2.30. The molecular weight excluding hydrogens is 357 g/mol. The van der Waals surface area contributed by atoms with Crippen molar-refractivity contribution in [3.8, 4) is 22.4 Å². The van der Waals surface area contributed by atoms with Crippen molar-refractivity contribution in [3.63, 3.8) is 0 Å². The summed E-state index contributed by atoms with van der Waals surface area (Å²) in [4.78, 5) is 17.7. The average molecular weight is 377 g/mol. The van der Waals surface area contributed by atoms with Crippen LogP contribution in [-0.2, 0) is 17.9 Å². The molecule has 142 valence electrons. The molecule has 6 nitrogen and oxygen atoms in total. The minimum Gasteiger partial charge on any atom is -0.309 e. The first-order chi connectivity index (χ1) is 13.7. The standard InChI is InChI=1S/C21H20FN5O/c22-16-3-1-14(2-4-16)21-20(18-12-23-9-10-27(18)25-21)15-7-8-24-19(11-15)26(13-28)17-5-6-17/h1-4,7-8,11,13,17,23H,5-6,9-10,12H2. The normalized spacial score (nSPS) is 15.9. The molecular formula is C21H20FN5O. The van der Waals surface area contributed by atoms with Gasteiger partial charge in [0.2, 0.25) is 6.41 Å². The van der Waals surface area contributed by atoms with Crippen LogP contribution in [0.1, 0.15) is 18.5 Å². The van der Waals surface area contributed by atoms with Gasteiger partial charge in [-0.3, -0.25) is 14.4 Å². The summed E-state index contributed by atoms with van der Waals surface area (Å²) in [5.41, 5.74) is 4.74. The molecule has 0 unspecified atom stereocenters. The molecule has 5 rings (SSSR count). The highest BCUT2D eigenvalue weighted by Crippen LogP contribution is 2.37. The Labute approximate surface area is 162 Å². The van der Waals surface area contributed by atoms with Gasteiger partial charge in [0.1, 0.15) is 17.3 Å². The third-order valence-corrected chi connectivity index (χ3v) is 5.32. The fraction of sp³-hybridized carbons (Fsp3) is 0.286. The molecule has 28 heavy (non-hydrogen) atoms. The maximum absolute atomic E-state index is 13.4. The van der Waals surface area contributed by atoms with Crippen LogP contribution in [0.2, 0.25) is 0 Å². The maximum Gasteiger partial charge on any atom is 0.215 e. The second-order valence-electron chi connectivity index (χ2n) is 7.22. The lowest BCUT2D eigenvalue weighted by Gasteiger charge is -2.18. The minimum atomic E-state index is -0.270. The number of halogens is 1. The molecule has 7 heteroatoms. The van der Waals surface area contributed by atoms with Crippen LogP contribution in [0.25, 0.3) is 22.4 Å². The van der Waals surface area contributed by atoms with E-state index in [1.54, 1.807) is 23.2 Å². The molecule has 1 fully saturated rings. The van der Waals surface area contributed by atoms with Gasteiger partial charge in [-0.15, -0.1) is 0 Å². The Balaban J connectivity index is 1.65. The van der Waals surface area contributed by atoms with Gasteiger partial charge in [0.15, 0.2) is 0 Å². The average Bonchev–Trinajstić information content (AvgIpc) is 3.48. The lowest BCUT2D eigenvalue weighted by Crippen LogP contribution is -2.28. The molecule has 0 radical (unpaired) electrons. The van der Waals surface area contributed by atoms with Gasteiger partial charge in [-0.25, -0.2) is 9.37 Å². The summed E-state index contributed by atoms with van der Waals surface area (Å²) in [6, 6.07) is 10.6. The number of amides is 1. The van der Waals surface area contributed by atoms with Gasteiger partial charge in [0.05, 0.1) is 12.2 Å². The number of carbonyl (C=O) groups is 1. The van der Waals surface area contributed by atoms with Gasteiger partial charge in [0, 0.05) is 36.5 Å². The zero-order valence-electron chi connectivity index (χ0n) is 15.3. The Kier molecular flexibility index (Phi) is 4.16. The van der Waals surface area contributed by atoms with Crippen LogP contribution >= 0.6 is 0 Å². The number of aromatic nitrogens is 3. The summed E-state index contributed by atoms with van der Waals surface area (Å²) in [5, 5.41) is 8.22. The summed E-state index contributed by atoms with van der Waals surface area (Å²) in [7, 11) is 0. The van der Waals surface area contributed by atoms with E-state index in [0.29, 0.717) is 12.4 Å². The highest BCUT2D eigenvalue weighted by molar-refractivity contribution is 5.85. The fourth-order valence-electron chi connectivity index (χ4n) is 3.76. The van der Waals surface area contributed by atoms with Gasteiger partial charge in [-0.2, -0.15) is 5.10 Å². The third kappa shape index (κ3) is 2.97. The predicted molar refractivity (Wildman–Crippen MR) is 104 cm³/mol. The van der Waals surface area contributed by atoms with Crippen LogP contribution in [0.15, 0.2) is 42.6 Å². The van der Waals surface area contributed by atoms with Crippen LogP contribution in [-0.4, -0.2) is 33.8 Å². The van der Waals surface area contributed by atoms with Gasteiger partial charge < -0.3 is 5.32 Å². The molecule has 2 aliphatic rings. The van der Waals surface area contributed by atoms with Gasteiger partial charge in [-0.05, 0) is 54.8 Å². The van der Waals surface area contributed by atoms with E-state index in [1.165, 1.54) is 12.1 Å². The van der Waals surface area contributed by atoms with Crippen LogP contribution in [0.3, 0.4) is 0 Å². The summed E-state index contributed by atoms with van der Waals surface area (Å²) >= 11 is 0. The van der Waals surface area contributed by atoms with Gasteiger partial charge >= 0.3 is 0 Å². The van der Waals surface area contributed by atoms with Gasteiger partial charge in [-0.1, -0.05) is 0 Å². The van der Waals surface area contributed by atoms with E-state index in [1.807, 2.05) is 16.8 Å². The van der Waals surface area contributed by atoms with Crippen molar-refractivity contribution in [2.75, 3.05) is 11.4 Å². The van der Waals surface area contributed by atoms with Crippen molar-refractivity contribution in [2.45, 2.75) is 32.0 Å². The molecule has 0 saturated heterocycles. The van der Waals surface area contributed by atoms with Crippen LogP contribution in [0.4, 0.5) is 10.2 Å². The van der Waals surface area contributed by atoms with Crippen molar-refractivity contribution in [2.24, 2.45) is 0 Å². The molecule has 3 heterocycles. The van der Waals surface area contributed by atoms with Crippen molar-refractivity contribution in [3.05, 3.63) is 54.1 Å². The number of nitrogens with zero attached hydrogens (tertiary/aromatic N) is 4. The third-order valence-electron chi connectivity index (χ3n) is 5.32. The number of hydrogen-bond donors (Lipinski definition) is 1. The molecule has 1 N–H and O–H groups in total. The Bertz CT molecular complexity index is 1030. The summed E-state index contributed by atoms with van der Waals surface area (Å²) in [5.74, 6) is 0.386. The second kappa shape index (κ2) is 6.83. The Morgan fingerprint density at radius 2 is 2.00 bits per heavy atom. The second-order valence-corrected chi connectivity index (χ2v) is 7.22. The number of carbonyl (C=O) groups excluding carboxylic acids is 1. The summed E-state index contributed by atoms with van der Waals surface area (Å²) in [6.45, 7) is 2.35. The Morgan fingerprint density at radius 3 is 2.75 bits per heavy atom. The Hall–Kier alpha value is -3.06. The molecule has 3 aromatic rings. The smallest absolute Gasteiger partial charge is 0.215 e. The molecule has 1 aromatic carbocycles. The van der Waals surface area contributed by atoms with E-state index < -0.39 is 0 Å². The Morgan fingerprint density at radius 1 is 1.18 bits per heavy atom. The van der Waals surface area contributed by atoms with Crippen LogP contribution < -0.4 is 10.2 Å². The summed E-state index contributed by atoms with van der Waals surface area (Å²) in [6.07, 6.45) is 4.62. The number of fused-ring (bicyclic) bond motifs is 1. The van der Waals surface area contributed by atoms with E-state index in [2.05, 4.69) is 10.3 Å². The number of hydrogen-bond acceptors (Lipinski definition) is 4. The molecule has 1 aliphatic heterocycles. The number of rotatable bonds is 5.